The first-order chi connectivity index (χ1) is 8.24. The lowest BCUT2D eigenvalue weighted by atomic mass is 10.2. The summed E-state index contributed by atoms with van der Waals surface area (Å²) in [6.07, 6.45) is 4.43. The second kappa shape index (κ2) is 5.11. The lowest BCUT2D eigenvalue weighted by Crippen LogP contribution is -2.09. The fourth-order valence-electron chi connectivity index (χ4n) is 1.46. The van der Waals surface area contributed by atoms with Crippen molar-refractivity contribution in [3.63, 3.8) is 0 Å². The van der Waals surface area contributed by atoms with Crippen LogP contribution in [0.5, 0.6) is 0 Å². The first kappa shape index (κ1) is 11.1. The van der Waals surface area contributed by atoms with E-state index in [1.54, 1.807) is 18.5 Å². The van der Waals surface area contributed by atoms with Crippen LogP contribution in [-0.2, 0) is 6.42 Å². The van der Waals surface area contributed by atoms with Gasteiger partial charge in [0.05, 0.1) is 0 Å². The van der Waals surface area contributed by atoms with Crippen molar-refractivity contribution in [3.8, 4) is 0 Å². The van der Waals surface area contributed by atoms with Gasteiger partial charge < -0.3 is 16.8 Å². The van der Waals surface area contributed by atoms with Crippen molar-refractivity contribution in [2.45, 2.75) is 6.42 Å². The molecule has 0 bridgehead atoms. The SMILES string of the molecule is Nc1cc(NCCc2ccncc2)nc(N)n1. The van der Waals surface area contributed by atoms with E-state index in [1.807, 2.05) is 12.1 Å². The minimum atomic E-state index is 0.177. The average molecular weight is 230 g/mol. The summed E-state index contributed by atoms with van der Waals surface area (Å²) in [5, 5.41) is 3.14. The molecular weight excluding hydrogens is 216 g/mol. The number of rotatable bonds is 4. The third kappa shape index (κ3) is 3.30. The molecule has 6 heteroatoms. The summed E-state index contributed by atoms with van der Waals surface area (Å²) >= 11 is 0. The number of anilines is 3. The maximum Gasteiger partial charge on any atom is 0.223 e. The molecule has 0 spiro atoms. The number of nitrogens with two attached hydrogens (primary N) is 2. The highest BCUT2D eigenvalue weighted by molar-refractivity contribution is 5.48. The number of nitrogens with zero attached hydrogens (tertiary/aromatic N) is 3. The van der Waals surface area contributed by atoms with Crippen molar-refractivity contribution in [2.75, 3.05) is 23.3 Å². The van der Waals surface area contributed by atoms with Gasteiger partial charge in [-0.1, -0.05) is 0 Å². The smallest absolute Gasteiger partial charge is 0.223 e. The molecule has 2 aromatic rings. The molecule has 0 aliphatic heterocycles. The Hall–Kier alpha value is -2.37. The predicted molar refractivity (Wildman–Crippen MR) is 67.3 cm³/mol. The number of aromatic nitrogens is 3. The highest BCUT2D eigenvalue weighted by atomic mass is 15.1. The third-order valence-electron chi connectivity index (χ3n) is 2.23. The summed E-state index contributed by atoms with van der Waals surface area (Å²) in [5.74, 6) is 1.18. The number of hydrogen-bond donors (Lipinski definition) is 3. The molecule has 2 rings (SSSR count). The fourth-order valence-corrected chi connectivity index (χ4v) is 1.46. The predicted octanol–water partition coefficient (Wildman–Crippen LogP) is 0.691. The summed E-state index contributed by atoms with van der Waals surface area (Å²) < 4.78 is 0. The van der Waals surface area contributed by atoms with Gasteiger partial charge in [0.2, 0.25) is 5.95 Å². The Morgan fingerprint density at radius 3 is 2.59 bits per heavy atom. The second-order valence-corrected chi connectivity index (χ2v) is 3.57. The molecule has 2 aromatic heterocycles. The van der Waals surface area contributed by atoms with E-state index < -0.39 is 0 Å². The van der Waals surface area contributed by atoms with Crippen molar-refractivity contribution < 1.29 is 0 Å². The Bertz CT molecular complexity index is 464. The van der Waals surface area contributed by atoms with Gasteiger partial charge in [-0.15, -0.1) is 0 Å². The molecule has 0 aliphatic carbocycles. The standard InChI is InChI=1S/C11H14N6/c12-9-7-10(17-11(13)16-9)15-6-3-8-1-4-14-5-2-8/h1-2,4-5,7H,3,6H2,(H5,12,13,15,16,17). The van der Waals surface area contributed by atoms with Crippen LogP contribution in [0.4, 0.5) is 17.6 Å². The van der Waals surface area contributed by atoms with Gasteiger partial charge in [-0.2, -0.15) is 9.97 Å². The van der Waals surface area contributed by atoms with Gasteiger partial charge >= 0.3 is 0 Å². The molecule has 0 aliphatic rings. The van der Waals surface area contributed by atoms with Crippen LogP contribution in [0.15, 0.2) is 30.6 Å². The lowest BCUT2D eigenvalue weighted by Gasteiger charge is -2.06. The van der Waals surface area contributed by atoms with Crippen LogP contribution in [0.1, 0.15) is 5.56 Å². The van der Waals surface area contributed by atoms with Gasteiger partial charge in [-0.25, -0.2) is 0 Å². The molecule has 0 saturated carbocycles. The molecule has 0 aromatic carbocycles. The van der Waals surface area contributed by atoms with Crippen molar-refractivity contribution in [3.05, 3.63) is 36.2 Å². The molecule has 17 heavy (non-hydrogen) atoms. The molecule has 5 N–H and O–H groups in total. The molecule has 0 radical (unpaired) electrons. The van der Waals surface area contributed by atoms with Crippen LogP contribution in [-0.4, -0.2) is 21.5 Å². The van der Waals surface area contributed by atoms with E-state index in [0.717, 1.165) is 13.0 Å². The zero-order valence-corrected chi connectivity index (χ0v) is 9.30. The van der Waals surface area contributed by atoms with Crippen LogP contribution in [0.25, 0.3) is 0 Å². The normalized spacial score (nSPS) is 10.1. The number of nitrogens with one attached hydrogen (secondary N) is 1. The van der Waals surface area contributed by atoms with Gasteiger partial charge in [0.25, 0.3) is 0 Å². The number of nitrogen functional groups attached to an aromatic ring is 2. The first-order valence-electron chi connectivity index (χ1n) is 5.27. The van der Waals surface area contributed by atoms with E-state index in [4.69, 9.17) is 11.5 Å². The summed E-state index contributed by atoms with van der Waals surface area (Å²) in [6, 6.07) is 5.61. The monoisotopic (exact) mass is 230 g/mol. The number of hydrogen-bond acceptors (Lipinski definition) is 6. The van der Waals surface area contributed by atoms with E-state index in [0.29, 0.717) is 11.6 Å². The van der Waals surface area contributed by atoms with Gasteiger partial charge in [0, 0.05) is 25.0 Å². The quantitative estimate of drug-likeness (QED) is 0.714. The molecule has 0 saturated heterocycles. The topological polar surface area (TPSA) is 103 Å². The van der Waals surface area contributed by atoms with Gasteiger partial charge in [-0.05, 0) is 24.1 Å². The minimum Gasteiger partial charge on any atom is -0.383 e. The van der Waals surface area contributed by atoms with E-state index in [9.17, 15) is 0 Å². The summed E-state index contributed by atoms with van der Waals surface area (Å²) in [7, 11) is 0. The van der Waals surface area contributed by atoms with Crippen LogP contribution in [0, 0.1) is 0 Å². The van der Waals surface area contributed by atoms with Crippen LogP contribution >= 0.6 is 0 Å². The summed E-state index contributed by atoms with van der Waals surface area (Å²) in [6.45, 7) is 0.750. The van der Waals surface area contributed by atoms with Crippen LogP contribution < -0.4 is 16.8 Å². The average Bonchev–Trinajstić information content (AvgIpc) is 2.29. The minimum absolute atomic E-state index is 0.177. The molecule has 0 atom stereocenters. The fraction of sp³-hybridized carbons (Fsp3) is 0.182. The largest absolute Gasteiger partial charge is 0.383 e. The highest BCUT2D eigenvalue weighted by Crippen LogP contribution is 2.09. The van der Waals surface area contributed by atoms with Crippen molar-refractivity contribution in [1.29, 1.82) is 0 Å². The van der Waals surface area contributed by atoms with Crippen LogP contribution in [0.3, 0.4) is 0 Å². The zero-order valence-electron chi connectivity index (χ0n) is 9.30. The summed E-state index contributed by atoms with van der Waals surface area (Å²) in [5.41, 5.74) is 12.3. The van der Waals surface area contributed by atoms with E-state index in [1.165, 1.54) is 5.56 Å². The van der Waals surface area contributed by atoms with Gasteiger partial charge in [0.15, 0.2) is 0 Å². The molecule has 2 heterocycles. The van der Waals surface area contributed by atoms with Crippen LogP contribution in [0.2, 0.25) is 0 Å². The zero-order chi connectivity index (χ0) is 12.1. The molecule has 0 amide bonds. The van der Waals surface area contributed by atoms with E-state index >= 15 is 0 Å². The maximum atomic E-state index is 5.56. The molecular formula is C11H14N6. The van der Waals surface area contributed by atoms with Gasteiger partial charge in [-0.3, -0.25) is 4.98 Å². The third-order valence-corrected chi connectivity index (χ3v) is 2.23. The molecule has 0 unspecified atom stereocenters. The molecule has 88 valence electrons. The summed E-state index contributed by atoms with van der Waals surface area (Å²) in [4.78, 5) is 11.8. The Balaban J connectivity index is 1.90. The Kier molecular flexibility index (Phi) is 3.34. The first-order valence-corrected chi connectivity index (χ1v) is 5.27. The highest BCUT2D eigenvalue weighted by Gasteiger charge is 1.99. The Morgan fingerprint density at radius 2 is 1.88 bits per heavy atom. The van der Waals surface area contributed by atoms with E-state index in [2.05, 4.69) is 20.3 Å². The molecule has 6 nitrogen and oxygen atoms in total. The van der Waals surface area contributed by atoms with Crippen molar-refractivity contribution >= 4 is 17.6 Å². The Morgan fingerprint density at radius 1 is 1.12 bits per heavy atom. The van der Waals surface area contributed by atoms with Crippen molar-refractivity contribution in [1.82, 2.24) is 15.0 Å². The Labute approximate surface area is 99.1 Å². The van der Waals surface area contributed by atoms with E-state index in [-0.39, 0.29) is 5.95 Å². The lowest BCUT2D eigenvalue weighted by molar-refractivity contribution is 0.997. The second-order valence-electron chi connectivity index (χ2n) is 3.57. The van der Waals surface area contributed by atoms with Gasteiger partial charge in [0.1, 0.15) is 11.6 Å². The maximum absolute atomic E-state index is 5.56. The molecule has 0 fully saturated rings. The number of pyridine rings is 1. The van der Waals surface area contributed by atoms with Crippen molar-refractivity contribution in [2.24, 2.45) is 0 Å².